The highest BCUT2D eigenvalue weighted by Gasteiger charge is 2.32. The highest BCUT2D eigenvalue weighted by atomic mass is 32.1. The lowest BCUT2D eigenvalue weighted by molar-refractivity contribution is -0.137. The molecule has 186 valence electrons. The van der Waals surface area contributed by atoms with E-state index in [-0.39, 0.29) is 37.5 Å². The summed E-state index contributed by atoms with van der Waals surface area (Å²) < 4.78 is 53.1. The molecule has 0 N–H and O–H groups in total. The average Bonchev–Trinajstić information content (AvgIpc) is 3.45. The summed E-state index contributed by atoms with van der Waals surface area (Å²) in [6.45, 7) is 5.40. The van der Waals surface area contributed by atoms with Crippen molar-refractivity contribution in [1.29, 1.82) is 0 Å². The Morgan fingerprint density at radius 3 is 2.57 bits per heavy atom. The number of nitrogens with zero attached hydrogens (tertiary/aromatic N) is 6. The van der Waals surface area contributed by atoms with Gasteiger partial charge >= 0.3 is 12.1 Å². The van der Waals surface area contributed by atoms with Crippen LogP contribution in [0.4, 0.5) is 13.2 Å². The van der Waals surface area contributed by atoms with Crippen molar-refractivity contribution in [2.45, 2.75) is 33.0 Å². The van der Waals surface area contributed by atoms with E-state index in [1.54, 1.807) is 20.8 Å². The van der Waals surface area contributed by atoms with Gasteiger partial charge in [-0.15, -0.1) is 0 Å². The number of rotatable bonds is 6. The van der Waals surface area contributed by atoms with E-state index >= 15 is 0 Å². The van der Waals surface area contributed by atoms with E-state index in [1.807, 2.05) is 0 Å². The van der Waals surface area contributed by atoms with Crippen LogP contribution in [0.2, 0.25) is 0 Å². The summed E-state index contributed by atoms with van der Waals surface area (Å²) in [6.07, 6.45) is -0.230. The molecule has 0 aliphatic carbocycles. The van der Waals surface area contributed by atoms with Crippen LogP contribution >= 0.6 is 13.5 Å². The van der Waals surface area contributed by atoms with Crippen molar-refractivity contribution >= 4 is 30.5 Å². The maximum absolute atomic E-state index is 13.3. The molecule has 0 unspecified atom stereocenters. The third-order valence-corrected chi connectivity index (χ3v) is 5.32. The van der Waals surface area contributed by atoms with Crippen LogP contribution in [0, 0.1) is 6.92 Å². The molecule has 4 rings (SSSR count). The van der Waals surface area contributed by atoms with Crippen molar-refractivity contribution in [2.75, 3.05) is 13.7 Å². The molecule has 1 atom stereocenters. The largest absolute Gasteiger partial charge is 0.479 e. The van der Waals surface area contributed by atoms with Gasteiger partial charge in [0, 0.05) is 6.20 Å². The van der Waals surface area contributed by atoms with Crippen LogP contribution in [0.5, 0.6) is 5.88 Å². The summed E-state index contributed by atoms with van der Waals surface area (Å²) >= 11 is 0. The number of carbonyl (C=O) groups excluding carboxylic acids is 1. The summed E-state index contributed by atoms with van der Waals surface area (Å²) in [5, 5.41) is 8.46. The number of fused-ring (bicyclic) bond motifs is 1. The minimum absolute atomic E-state index is 0. The number of hydrogen-bond acceptors (Lipinski definition) is 7. The van der Waals surface area contributed by atoms with Gasteiger partial charge in [0.1, 0.15) is 11.0 Å². The number of ether oxygens (including phenoxy) is 2. The van der Waals surface area contributed by atoms with Crippen molar-refractivity contribution in [3.05, 3.63) is 59.0 Å². The SMILES string of the molecule is CCOC(=O)c1cnn(-c2nc(OC)c3c(cnn3[C@@H](C)c3cc(C(F)(F)F)ccc3C)n2)c1.S. The summed E-state index contributed by atoms with van der Waals surface area (Å²) in [5.41, 5.74) is 1.44. The monoisotopic (exact) mass is 508 g/mol. The Balaban J connectivity index is 0.00000342. The number of aromatic nitrogens is 6. The van der Waals surface area contributed by atoms with Gasteiger partial charge in [0.15, 0.2) is 0 Å². The minimum atomic E-state index is -4.46. The lowest BCUT2D eigenvalue weighted by Crippen LogP contribution is -2.13. The van der Waals surface area contributed by atoms with Gasteiger partial charge in [-0.05, 0) is 44.0 Å². The van der Waals surface area contributed by atoms with Crippen LogP contribution < -0.4 is 4.74 Å². The molecule has 0 radical (unpaired) electrons. The molecule has 13 heteroatoms. The Bertz CT molecular complexity index is 1370. The van der Waals surface area contributed by atoms with E-state index < -0.39 is 23.8 Å². The van der Waals surface area contributed by atoms with Gasteiger partial charge in [0.05, 0.1) is 43.3 Å². The number of aryl methyl sites for hydroxylation is 1. The van der Waals surface area contributed by atoms with E-state index in [4.69, 9.17) is 9.47 Å². The molecule has 3 aromatic heterocycles. The van der Waals surface area contributed by atoms with Crippen molar-refractivity contribution < 1.29 is 27.4 Å². The van der Waals surface area contributed by atoms with Crippen LogP contribution in [0.25, 0.3) is 17.0 Å². The molecule has 0 saturated heterocycles. The third kappa shape index (κ3) is 4.94. The van der Waals surface area contributed by atoms with Gasteiger partial charge in [-0.3, -0.25) is 4.68 Å². The molecule has 0 amide bonds. The van der Waals surface area contributed by atoms with Crippen LogP contribution in [0.3, 0.4) is 0 Å². The van der Waals surface area contributed by atoms with E-state index in [9.17, 15) is 18.0 Å². The molecule has 35 heavy (non-hydrogen) atoms. The molecule has 4 aromatic rings. The standard InChI is InChI=1S/C22H21F3N6O3.H2S/c1-5-34-20(32)14-9-26-30(11-14)21-28-17-10-27-31(18(17)19(29-21)33-4)13(3)16-8-15(22(23,24)25)7-6-12(16)2;/h6-11,13H,5H2,1-4H3;1H2/t13-;/m0./s1. The zero-order chi connectivity index (χ0) is 24.6. The fraction of sp³-hybridized carbons (Fsp3) is 0.318. The molecule has 0 saturated carbocycles. The van der Waals surface area contributed by atoms with Gasteiger partial charge in [0.2, 0.25) is 5.88 Å². The first-order chi connectivity index (χ1) is 16.1. The Labute approximate surface area is 205 Å². The van der Waals surface area contributed by atoms with Crippen LogP contribution in [-0.4, -0.2) is 49.2 Å². The number of hydrogen-bond donors (Lipinski definition) is 0. The van der Waals surface area contributed by atoms with Gasteiger partial charge in [0.25, 0.3) is 5.95 Å². The molecular formula is C22H23F3N6O3S. The van der Waals surface area contributed by atoms with Crippen molar-refractivity contribution in [3.63, 3.8) is 0 Å². The minimum Gasteiger partial charge on any atom is -0.479 e. The second kappa shape index (κ2) is 9.94. The molecule has 0 bridgehead atoms. The van der Waals surface area contributed by atoms with Gasteiger partial charge in [-0.1, -0.05) is 6.07 Å². The molecule has 9 nitrogen and oxygen atoms in total. The van der Waals surface area contributed by atoms with E-state index in [1.165, 1.54) is 41.1 Å². The molecule has 0 fully saturated rings. The van der Waals surface area contributed by atoms with Gasteiger partial charge in [-0.25, -0.2) is 14.5 Å². The Kier molecular flexibility index (Phi) is 7.38. The second-order valence-electron chi connectivity index (χ2n) is 7.50. The van der Waals surface area contributed by atoms with Crippen molar-refractivity contribution in [3.8, 4) is 11.8 Å². The normalized spacial score (nSPS) is 12.3. The first-order valence-electron chi connectivity index (χ1n) is 10.3. The number of esters is 1. The predicted octanol–water partition coefficient (Wildman–Crippen LogP) is 4.25. The first-order valence-corrected chi connectivity index (χ1v) is 10.3. The van der Waals surface area contributed by atoms with Gasteiger partial charge < -0.3 is 9.47 Å². The molecule has 0 aliphatic heterocycles. The highest BCUT2D eigenvalue weighted by Crippen LogP contribution is 2.34. The average molecular weight is 509 g/mol. The molecule has 3 heterocycles. The van der Waals surface area contributed by atoms with Crippen LogP contribution in [-0.2, 0) is 10.9 Å². The maximum atomic E-state index is 13.3. The van der Waals surface area contributed by atoms with Crippen molar-refractivity contribution in [2.24, 2.45) is 0 Å². The lowest BCUT2D eigenvalue weighted by Gasteiger charge is -2.19. The zero-order valence-corrected chi connectivity index (χ0v) is 20.3. The molecule has 0 aliphatic rings. The van der Waals surface area contributed by atoms with E-state index in [0.717, 1.165) is 12.1 Å². The Morgan fingerprint density at radius 1 is 1.17 bits per heavy atom. The quantitative estimate of drug-likeness (QED) is 0.359. The van der Waals surface area contributed by atoms with E-state index in [0.29, 0.717) is 22.2 Å². The lowest BCUT2D eigenvalue weighted by atomic mass is 9.99. The Morgan fingerprint density at radius 2 is 1.91 bits per heavy atom. The summed E-state index contributed by atoms with van der Waals surface area (Å²) in [7, 11) is 1.41. The summed E-state index contributed by atoms with van der Waals surface area (Å²) in [5.74, 6) is -0.246. The predicted molar refractivity (Wildman–Crippen MR) is 125 cm³/mol. The van der Waals surface area contributed by atoms with Crippen LogP contribution in [0.1, 0.15) is 46.9 Å². The number of benzene rings is 1. The summed E-state index contributed by atoms with van der Waals surface area (Å²) in [4.78, 5) is 20.7. The maximum Gasteiger partial charge on any atom is 0.416 e. The van der Waals surface area contributed by atoms with Crippen molar-refractivity contribution in [1.82, 2.24) is 29.5 Å². The molecule has 1 aromatic carbocycles. The first kappa shape index (κ1) is 26.0. The third-order valence-electron chi connectivity index (χ3n) is 5.32. The van der Waals surface area contributed by atoms with Gasteiger partial charge in [-0.2, -0.15) is 41.8 Å². The Hall–Kier alpha value is -3.61. The smallest absolute Gasteiger partial charge is 0.416 e. The molecular weight excluding hydrogens is 485 g/mol. The number of carbonyl (C=O) groups is 1. The van der Waals surface area contributed by atoms with Crippen LogP contribution in [0.15, 0.2) is 36.8 Å². The fourth-order valence-corrected chi connectivity index (χ4v) is 3.61. The fourth-order valence-electron chi connectivity index (χ4n) is 3.61. The summed E-state index contributed by atoms with van der Waals surface area (Å²) in [6, 6.07) is 3.04. The number of halogens is 3. The van der Waals surface area contributed by atoms with E-state index in [2.05, 4.69) is 20.2 Å². The topological polar surface area (TPSA) is 97.0 Å². The zero-order valence-electron chi connectivity index (χ0n) is 19.3. The second-order valence-corrected chi connectivity index (χ2v) is 7.50. The number of alkyl halides is 3. The molecule has 0 spiro atoms. The number of methoxy groups -OCH3 is 1. The highest BCUT2D eigenvalue weighted by molar-refractivity contribution is 7.59.